The second-order valence-electron chi connectivity index (χ2n) is 4.67. The molecule has 19 heavy (non-hydrogen) atoms. The van der Waals surface area contributed by atoms with Gasteiger partial charge in [0.05, 0.1) is 5.69 Å². The molecule has 0 spiro atoms. The van der Waals surface area contributed by atoms with Crippen LogP contribution in [0.15, 0.2) is 0 Å². The lowest BCUT2D eigenvalue weighted by Crippen LogP contribution is -2.39. The van der Waals surface area contributed by atoms with Crippen molar-refractivity contribution < 1.29 is 14.7 Å². The predicted octanol–water partition coefficient (Wildman–Crippen LogP) is 1.11. The van der Waals surface area contributed by atoms with Crippen molar-refractivity contribution in [3.63, 3.8) is 0 Å². The number of hydrogen-bond donors (Lipinski definition) is 2. The van der Waals surface area contributed by atoms with E-state index in [1.165, 1.54) is 4.90 Å². The number of aromatic carboxylic acids is 1. The van der Waals surface area contributed by atoms with Crippen LogP contribution in [0.5, 0.6) is 0 Å². The highest BCUT2D eigenvalue weighted by atomic mass is 32.1. The third-order valence-electron chi connectivity index (χ3n) is 3.38. The average Bonchev–Trinajstić information content (AvgIpc) is 2.80. The molecule has 2 rings (SSSR count). The van der Waals surface area contributed by atoms with Gasteiger partial charge in [0.2, 0.25) is 5.91 Å². The van der Waals surface area contributed by atoms with Crippen molar-refractivity contribution in [3.8, 4) is 0 Å². The van der Waals surface area contributed by atoms with Gasteiger partial charge in [-0.05, 0) is 44.4 Å². The first-order valence-corrected chi connectivity index (χ1v) is 6.97. The van der Waals surface area contributed by atoms with Gasteiger partial charge in [-0.25, -0.2) is 4.79 Å². The minimum absolute atomic E-state index is 0.0207. The maximum atomic E-state index is 12.4. The van der Waals surface area contributed by atoms with Crippen molar-refractivity contribution in [2.45, 2.75) is 19.8 Å². The molecule has 0 aromatic carbocycles. The molecule has 1 amide bonds. The molecule has 1 aliphatic heterocycles. The fraction of sp³-hybridized carbons (Fsp3) is 0.583. The second-order valence-corrected chi connectivity index (χ2v) is 5.43. The molecule has 7 heteroatoms. The Morgan fingerprint density at radius 3 is 2.63 bits per heavy atom. The quantitative estimate of drug-likeness (QED) is 0.868. The zero-order chi connectivity index (χ0) is 14.0. The molecular weight excluding hydrogens is 266 g/mol. The minimum Gasteiger partial charge on any atom is -0.478 e. The normalized spacial score (nSPS) is 16.3. The maximum Gasteiger partial charge on any atom is 0.340 e. The van der Waals surface area contributed by atoms with E-state index in [9.17, 15) is 14.7 Å². The van der Waals surface area contributed by atoms with Gasteiger partial charge in [-0.15, -0.1) is 0 Å². The first-order valence-electron chi connectivity index (χ1n) is 6.20. The lowest BCUT2D eigenvalue weighted by atomic mass is 9.97. The highest BCUT2D eigenvalue weighted by molar-refractivity contribution is 7.11. The van der Waals surface area contributed by atoms with Crippen molar-refractivity contribution in [1.29, 1.82) is 0 Å². The Bertz CT molecular complexity index is 494. The van der Waals surface area contributed by atoms with Crippen LogP contribution in [0.25, 0.3) is 0 Å². The summed E-state index contributed by atoms with van der Waals surface area (Å²) in [6.45, 7) is 3.31. The highest BCUT2D eigenvalue weighted by Gasteiger charge is 2.29. The van der Waals surface area contributed by atoms with Crippen LogP contribution >= 0.6 is 11.5 Å². The average molecular weight is 283 g/mol. The molecule has 0 atom stereocenters. The summed E-state index contributed by atoms with van der Waals surface area (Å²) in [4.78, 5) is 25.0. The molecular formula is C12H17N3O3S. The molecule has 0 unspecified atom stereocenters. The van der Waals surface area contributed by atoms with Crippen molar-refractivity contribution in [2.24, 2.45) is 5.92 Å². The number of rotatable bonds is 3. The molecule has 0 bridgehead atoms. The Kier molecular flexibility index (Phi) is 4.16. The standard InChI is InChI=1S/C12H17N3O3S/c1-7-9(12(17)18)11(19-14-7)15(2)10(16)8-3-5-13-6-4-8/h8,13H,3-6H2,1-2H3,(H,17,18). The summed E-state index contributed by atoms with van der Waals surface area (Å²) >= 11 is 1.06. The van der Waals surface area contributed by atoms with E-state index in [0.717, 1.165) is 37.5 Å². The van der Waals surface area contributed by atoms with Crippen LogP contribution in [0.2, 0.25) is 0 Å². The van der Waals surface area contributed by atoms with Gasteiger partial charge in [-0.2, -0.15) is 4.37 Å². The van der Waals surface area contributed by atoms with Gasteiger partial charge in [-0.1, -0.05) is 0 Å². The van der Waals surface area contributed by atoms with Crippen LogP contribution in [-0.2, 0) is 4.79 Å². The zero-order valence-corrected chi connectivity index (χ0v) is 11.8. The Hall–Kier alpha value is -1.47. The predicted molar refractivity (Wildman–Crippen MR) is 72.8 cm³/mol. The van der Waals surface area contributed by atoms with Crippen molar-refractivity contribution in [3.05, 3.63) is 11.3 Å². The number of piperidine rings is 1. The van der Waals surface area contributed by atoms with Crippen molar-refractivity contribution >= 4 is 28.4 Å². The number of aromatic nitrogens is 1. The Balaban J connectivity index is 2.21. The van der Waals surface area contributed by atoms with E-state index in [4.69, 9.17) is 0 Å². The molecule has 1 aliphatic rings. The van der Waals surface area contributed by atoms with Crippen LogP contribution < -0.4 is 10.2 Å². The third kappa shape index (κ3) is 2.76. The largest absolute Gasteiger partial charge is 0.478 e. The van der Waals surface area contributed by atoms with E-state index in [0.29, 0.717) is 10.7 Å². The van der Waals surface area contributed by atoms with Crippen molar-refractivity contribution in [1.82, 2.24) is 9.69 Å². The summed E-state index contributed by atoms with van der Waals surface area (Å²) in [5, 5.41) is 12.8. The van der Waals surface area contributed by atoms with Gasteiger partial charge >= 0.3 is 5.97 Å². The number of nitrogens with one attached hydrogen (secondary N) is 1. The van der Waals surface area contributed by atoms with Gasteiger partial charge in [0.1, 0.15) is 10.6 Å². The number of aryl methyl sites for hydroxylation is 1. The Labute approximate surface area is 115 Å². The summed E-state index contributed by atoms with van der Waals surface area (Å²) in [5.74, 6) is -1.09. The van der Waals surface area contributed by atoms with Gasteiger partial charge in [0.25, 0.3) is 0 Å². The molecule has 1 saturated heterocycles. The lowest BCUT2D eigenvalue weighted by molar-refractivity contribution is -0.122. The molecule has 2 N–H and O–H groups in total. The number of carboxylic acid groups (broad SMARTS) is 1. The number of carboxylic acids is 1. The number of anilines is 1. The van der Waals surface area contributed by atoms with Gasteiger partial charge in [-0.3, -0.25) is 4.79 Å². The fourth-order valence-electron chi connectivity index (χ4n) is 2.28. The second kappa shape index (κ2) is 5.66. The fourth-order valence-corrected chi connectivity index (χ4v) is 3.13. The molecule has 0 radical (unpaired) electrons. The van der Waals surface area contributed by atoms with Crippen LogP contribution in [0.1, 0.15) is 28.9 Å². The lowest BCUT2D eigenvalue weighted by Gasteiger charge is -2.26. The molecule has 104 valence electrons. The van der Waals surface area contributed by atoms with Gasteiger partial charge in [0.15, 0.2) is 0 Å². The highest BCUT2D eigenvalue weighted by Crippen LogP contribution is 2.29. The first kappa shape index (κ1) is 14.0. The number of amides is 1. The zero-order valence-electron chi connectivity index (χ0n) is 11.0. The Morgan fingerprint density at radius 2 is 2.05 bits per heavy atom. The number of hydrogen-bond acceptors (Lipinski definition) is 5. The van der Waals surface area contributed by atoms with Gasteiger partial charge in [0, 0.05) is 13.0 Å². The number of carbonyl (C=O) groups excluding carboxylic acids is 1. The first-order chi connectivity index (χ1) is 9.02. The minimum atomic E-state index is -1.04. The van der Waals surface area contributed by atoms with Crippen LogP contribution in [0, 0.1) is 12.8 Å². The van der Waals surface area contributed by atoms with Gasteiger partial charge < -0.3 is 15.3 Å². The molecule has 1 fully saturated rings. The maximum absolute atomic E-state index is 12.4. The van der Waals surface area contributed by atoms with E-state index in [1.807, 2.05) is 0 Å². The number of carbonyl (C=O) groups is 2. The molecule has 1 aromatic rings. The third-order valence-corrected chi connectivity index (χ3v) is 4.40. The van der Waals surface area contributed by atoms with E-state index in [1.54, 1.807) is 14.0 Å². The van der Waals surface area contributed by atoms with Crippen LogP contribution in [-0.4, -0.2) is 41.5 Å². The van der Waals surface area contributed by atoms with Crippen LogP contribution in [0.3, 0.4) is 0 Å². The molecule has 1 aromatic heterocycles. The number of nitrogens with zero attached hydrogens (tertiary/aromatic N) is 2. The SMILES string of the molecule is Cc1nsc(N(C)C(=O)C2CCNCC2)c1C(=O)O. The van der Waals surface area contributed by atoms with Crippen molar-refractivity contribution in [2.75, 3.05) is 25.0 Å². The molecule has 6 nitrogen and oxygen atoms in total. The van der Waals surface area contributed by atoms with Crippen LogP contribution in [0.4, 0.5) is 5.00 Å². The Morgan fingerprint density at radius 1 is 1.42 bits per heavy atom. The summed E-state index contributed by atoms with van der Waals surface area (Å²) in [5.41, 5.74) is 0.590. The molecule has 0 saturated carbocycles. The van der Waals surface area contributed by atoms with E-state index in [-0.39, 0.29) is 17.4 Å². The monoisotopic (exact) mass is 283 g/mol. The molecule has 0 aliphatic carbocycles. The molecule has 2 heterocycles. The van der Waals surface area contributed by atoms with E-state index < -0.39 is 5.97 Å². The summed E-state index contributed by atoms with van der Waals surface area (Å²) in [7, 11) is 1.63. The summed E-state index contributed by atoms with van der Waals surface area (Å²) < 4.78 is 4.04. The van der Waals surface area contributed by atoms with E-state index in [2.05, 4.69) is 9.69 Å². The van der Waals surface area contributed by atoms with E-state index >= 15 is 0 Å². The summed E-state index contributed by atoms with van der Waals surface area (Å²) in [6, 6.07) is 0. The topological polar surface area (TPSA) is 82.5 Å². The summed E-state index contributed by atoms with van der Waals surface area (Å²) in [6.07, 6.45) is 1.59. The smallest absolute Gasteiger partial charge is 0.340 e.